The van der Waals surface area contributed by atoms with Gasteiger partial charge in [-0.1, -0.05) is 13.8 Å². The zero-order valence-corrected chi connectivity index (χ0v) is 9.48. The van der Waals surface area contributed by atoms with Gasteiger partial charge < -0.3 is 10.6 Å². The van der Waals surface area contributed by atoms with Gasteiger partial charge in [-0.3, -0.25) is 4.98 Å². The predicted octanol–water partition coefficient (Wildman–Crippen LogP) is 2.15. The first-order valence-corrected chi connectivity index (χ1v) is 5.61. The summed E-state index contributed by atoms with van der Waals surface area (Å²) in [7, 11) is 0. The molecule has 1 aromatic heterocycles. The van der Waals surface area contributed by atoms with Crippen LogP contribution in [-0.2, 0) is 0 Å². The Morgan fingerprint density at radius 2 is 2.00 bits per heavy atom. The molecule has 3 heteroatoms. The smallest absolute Gasteiger partial charge is 0.0738 e. The first-order chi connectivity index (χ1) is 7.16. The van der Waals surface area contributed by atoms with Gasteiger partial charge in [0.25, 0.3) is 0 Å². The van der Waals surface area contributed by atoms with Crippen LogP contribution in [0.25, 0.3) is 0 Å². The Kier molecular flexibility index (Phi) is 2.80. The summed E-state index contributed by atoms with van der Waals surface area (Å²) in [6, 6.07) is 2.01. The van der Waals surface area contributed by atoms with Crippen molar-refractivity contribution in [3.63, 3.8) is 0 Å². The van der Waals surface area contributed by atoms with E-state index in [0.29, 0.717) is 0 Å². The topological polar surface area (TPSA) is 42.2 Å². The molecule has 2 N–H and O–H groups in total. The van der Waals surface area contributed by atoms with Crippen molar-refractivity contribution < 1.29 is 0 Å². The molecule has 0 aromatic carbocycles. The van der Waals surface area contributed by atoms with E-state index in [2.05, 4.69) is 23.7 Å². The second-order valence-corrected chi connectivity index (χ2v) is 4.79. The van der Waals surface area contributed by atoms with Crippen LogP contribution in [-0.4, -0.2) is 18.1 Å². The molecule has 0 unspecified atom stereocenters. The maximum atomic E-state index is 5.94. The summed E-state index contributed by atoms with van der Waals surface area (Å²) in [5.41, 5.74) is 7.87. The molecule has 0 saturated carbocycles. The molecule has 0 bridgehead atoms. The number of hydrogen-bond acceptors (Lipinski definition) is 3. The van der Waals surface area contributed by atoms with Gasteiger partial charge in [0.2, 0.25) is 0 Å². The van der Waals surface area contributed by atoms with Crippen LogP contribution in [0, 0.1) is 11.8 Å². The Balaban J connectivity index is 2.20. The first-order valence-electron chi connectivity index (χ1n) is 5.61. The van der Waals surface area contributed by atoms with Crippen molar-refractivity contribution in [1.82, 2.24) is 4.98 Å². The zero-order chi connectivity index (χ0) is 10.8. The molecule has 15 heavy (non-hydrogen) atoms. The maximum absolute atomic E-state index is 5.94. The lowest BCUT2D eigenvalue weighted by molar-refractivity contribution is 0.357. The van der Waals surface area contributed by atoms with Crippen molar-refractivity contribution >= 4 is 11.4 Å². The molecule has 3 nitrogen and oxygen atoms in total. The molecule has 1 fully saturated rings. The van der Waals surface area contributed by atoms with Crippen LogP contribution in [0.1, 0.15) is 20.3 Å². The number of nitrogen functional groups attached to an aromatic ring is 1. The fraction of sp³-hybridized carbons (Fsp3) is 0.583. The minimum Gasteiger partial charge on any atom is -0.396 e. The minimum atomic E-state index is 0.751. The first kappa shape index (κ1) is 10.3. The SMILES string of the molecule is C[C@@H]1C[C@H](C)CN(c2ccncc2N)C1. The number of nitrogens with two attached hydrogens (primary N) is 1. The van der Waals surface area contributed by atoms with Gasteiger partial charge in [-0.2, -0.15) is 0 Å². The fourth-order valence-corrected chi connectivity index (χ4v) is 2.55. The van der Waals surface area contributed by atoms with E-state index in [4.69, 9.17) is 5.73 Å². The third-order valence-electron chi connectivity index (χ3n) is 3.04. The zero-order valence-electron chi connectivity index (χ0n) is 9.48. The molecule has 2 atom stereocenters. The molecular formula is C12H19N3. The van der Waals surface area contributed by atoms with Crippen LogP contribution in [0.5, 0.6) is 0 Å². The largest absolute Gasteiger partial charge is 0.396 e. The van der Waals surface area contributed by atoms with Crippen molar-refractivity contribution in [2.24, 2.45) is 11.8 Å². The van der Waals surface area contributed by atoms with Crippen molar-refractivity contribution in [2.75, 3.05) is 23.7 Å². The lowest BCUT2D eigenvalue weighted by Crippen LogP contribution is -2.39. The van der Waals surface area contributed by atoms with Gasteiger partial charge in [-0.15, -0.1) is 0 Å². The highest BCUT2D eigenvalue weighted by atomic mass is 15.2. The van der Waals surface area contributed by atoms with Gasteiger partial charge in [0.05, 0.1) is 17.6 Å². The minimum absolute atomic E-state index is 0.751. The van der Waals surface area contributed by atoms with E-state index in [9.17, 15) is 0 Å². The quantitative estimate of drug-likeness (QED) is 0.763. The number of pyridine rings is 1. The van der Waals surface area contributed by atoms with E-state index < -0.39 is 0 Å². The van der Waals surface area contributed by atoms with E-state index in [1.165, 1.54) is 6.42 Å². The van der Waals surface area contributed by atoms with Crippen molar-refractivity contribution in [1.29, 1.82) is 0 Å². The summed E-state index contributed by atoms with van der Waals surface area (Å²) >= 11 is 0. The van der Waals surface area contributed by atoms with Crippen molar-refractivity contribution in [2.45, 2.75) is 20.3 Å². The lowest BCUT2D eigenvalue weighted by atomic mass is 9.91. The number of rotatable bonds is 1. The summed E-state index contributed by atoms with van der Waals surface area (Å²) in [4.78, 5) is 6.41. The highest BCUT2D eigenvalue weighted by Crippen LogP contribution is 2.29. The second kappa shape index (κ2) is 4.09. The summed E-state index contributed by atoms with van der Waals surface area (Å²) in [6.45, 7) is 6.83. The molecule has 0 aliphatic carbocycles. The van der Waals surface area contributed by atoms with Crippen LogP contribution < -0.4 is 10.6 Å². The molecule has 0 radical (unpaired) electrons. The second-order valence-electron chi connectivity index (χ2n) is 4.79. The Morgan fingerprint density at radius 1 is 1.33 bits per heavy atom. The standard InChI is InChI=1S/C12H19N3/c1-9-5-10(2)8-15(7-9)12-3-4-14-6-11(12)13/h3-4,6,9-10H,5,7-8,13H2,1-2H3/t9-,10+. The normalized spacial score (nSPS) is 26.7. The Hall–Kier alpha value is -1.25. The number of piperidine rings is 1. The molecule has 1 aliphatic rings. The number of hydrogen-bond donors (Lipinski definition) is 1. The molecule has 1 aliphatic heterocycles. The molecule has 2 heterocycles. The van der Waals surface area contributed by atoms with Crippen LogP contribution in [0.15, 0.2) is 18.5 Å². The van der Waals surface area contributed by atoms with Gasteiger partial charge >= 0.3 is 0 Å². The lowest BCUT2D eigenvalue weighted by Gasteiger charge is -2.37. The molecule has 1 aromatic rings. The Labute approximate surface area is 91.3 Å². The number of aromatic nitrogens is 1. The van der Waals surface area contributed by atoms with Gasteiger partial charge in [0.1, 0.15) is 0 Å². The van der Waals surface area contributed by atoms with Gasteiger partial charge in [0, 0.05) is 19.3 Å². The average Bonchev–Trinajstić information content (AvgIpc) is 2.16. The predicted molar refractivity (Wildman–Crippen MR) is 63.8 cm³/mol. The van der Waals surface area contributed by atoms with Crippen LogP contribution >= 0.6 is 0 Å². The van der Waals surface area contributed by atoms with Gasteiger partial charge in [-0.05, 0) is 24.3 Å². The van der Waals surface area contributed by atoms with E-state index in [1.54, 1.807) is 6.20 Å². The molecule has 0 amide bonds. The van der Waals surface area contributed by atoms with Crippen molar-refractivity contribution in [3.05, 3.63) is 18.5 Å². The van der Waals surface area contributed by atoms with E-state index >= 15 is 0 Å². The highest BCUT2D eigenvalue weighted by Gasteiger charge is 2.22. The molecule has 0 spiro atoms. The molecule has 82 valence electrons. The summed E-state index contributed by atoms with van der Waals surface area (Å²) in [5, 5.41) is 0. The fourth-order valence-electron chi connectivity index (χ4n) is 2.55. The average molecular weight is 205 g/mol. The number of nitrogens with zero attached hydrogens (tertiary/aromatic N) is 2. The van der Waals surface area contributed by atoms with Gasteiger partial charge in [-0.25, -0.2) is 0 Å². The van der Waals surface area contributed by atoms with E-state index in [0.717, 1.165) is 36.3 Å². The Morgan fingerprint density at radius 3 is 2.60 bits per heavy atom. The summed E-state index contributed by atoms with van der Waals surface area (Å²) < 4.78 is 0. The van der Waals surface area contributed by atoms with E-state index in [1.807, 2.05) is 12.3 Å². The highest BCUT2D eigenvalue weighted by molar-refractivity contribution is 5.66. The van der Waals surface area contributed by atoms with Crippen molar-refractivity contribution in [3.8, 4) is 0 Å². The van der Waals surface area contributed by atoms with E-state index in [-0.39, 0.29) is 0 Å². The number of anilines is 2. The maximum Gasteiger partial charge on any atom is 0.0738 e. The third-order valence-corrected chi connectivity index (χ3v) is 3.04. The molecule has 2 rings (SSSR count). The van der Waals surface area contributed by atoms with Crippen LogP contribution in [0.4, 0.5) is 11.4 Å². The molecular weight excluding hydrogens is 186 g/mol. The third kappa shape index (κ3) is 2.22. The van der Waals surface area contributed by atoms with Gasteiger partial charge in [0.15, 0.2) is 0 Å². The monoisotopic (exact) mass is 205 g/mol. The Bertz CT molecular complexity index is 327. The summed E-state index contributed by atoms with van der Waals surface area (Å²) in [5.74, 6) is 1.50. The summed E-state index contributed by atoms with van der Waals surface area (Å²) in [6.07, 6.45) is 4.87. The van der Waals surface area contributed by atoms with Crippen LogP contribution in [0.3, 0.4) is 0 Å². The molecule has 1 saturated heterocycles. The van der Waals surface area contributed by atoms with Crippen LogP contribution in [0.2, 0.25) is 0 Å².